The standard InChI is InChI=1S/C26H34N2O3.C3H8.H2N2/c1-5-18-12-13-26(2,3)23-11-6-17(14-21(18)23)16-31-20-9-7-19(8-10-20)22(15-24(29)30)25(27)28-4;1-3-2;1-2/h6-11,14,18,22H,5,12-13,15-16H2,1-4H3,(H2,27,28)(H,29,30);3H2,1-2H3;1-2H. The number of hydrogen-bond donors (Lipinski definition) is 4. The van der Waals surface area contributed by atoms with Crippen molar-refractivity contribution in [2.75, 3.05) is 7.05 Å². The molecular weight excluding hydrogens is 452 g/mol. The molecule has 0 heterocycles. The molecular formula is C29H44N4O3. The Balaban J connectivity index is 0.00000120. The highest BCUT2D eigenvalue weighted by Crippen LogP contribution is 2.44. The third-order valence-corrected chi connectivity index (χ3v) is 6.58. The maximum Gasteiger partial charge on any atom is 0.304 e. The van der Waals surface area contributed by atoms with E-state index >= 15 is 0 Å². The Labute approximate surface area is 216 Å². The lowest BCUT2D eigenvalue weighted by atomic mass is 9.68. The van der Waals surface area contributed by atoms with Crippen LogP contribution in [0.2, 0.25) is 0 Å². The van der Waals surface area contributed by atoms with Crippen LogP contribution in [0, 0.1) is 11.1 Å². The quantitative estimate of drug-likeness (QED) is 0.172. The summed E-state index contributed by atoms with van der Waals surface area (Å²) in [5.74, 6) is 0.344. The number of amidine groups is 1. The van der Waals surface area contributed by atoms with Crippen LogP contribution < -0.4 is 10.5 Å². The Morgan fingerprint density at radius 3 is 2.31 bits per heavy atom. The first-order valence-electron chi connectivity index (χ1n) is 12.7. The van der Waals surface area contributed by atoms with Gasteiger partial charge in [0.05, 0.1) is 12.3 Å². The lowest BCUT2D eigenvalue weighted by Crippen LogP contribution is -2.26. The van der Waals surface area contributed by atoms with Gasteiger partial charge in [-0.3, -0.25) is 9.79 Å². The number of rotatable bonds is 8. The molecule has 7 heteroatoms. The Morgan fingerprint density at radius 2 is 1.78 bits per heavy atom. The zero-order valence-corrected chi connectivity index (χ0v) is 22.7. The second-order valence-electron chi connectivity index (χ2n) is 9.81. The molecule has 36 heavy (non-hydrogen) atoms. The van der Waals surface area contributed by atoms with Crippen molar-refractivity contribution in [2.45, 2.75) is 90.6 Å². The fraction of sp³-hybridized carbons (Fsp3) is 0.517. The number of carboxylic acids is 1. The fourth-order valence-corrected chi connectivity index (χ4v) is 4.59. The van der Waals surface area contributed by atoms with Gasteiger partial charge in [-0.25, -0.2) is 11.1 Å². The first-order chi connectivity index (χ1) is 17.2. The second-order valence-corrected chi connectivity index (χ2v) is 9.81. The van der Waals surface area contributed by atoms with E-state index in [0.717, 1.165) is 17.7 Å². The molecule has 7 nitrogen and oxygen atoms in total. The molecule has 2 aromatic carbocycles. The molecule has 0 spiro atoms. The first-order valence-corrected chi connectivity index (χ1v) is 12.7. The van der Waals surface area contributed by atoms with Gasteiger partial charge in [-0.15, -0.1) is 0 Å². The van der Waals surface area contributed by atoms with Gasteiger partial charge >= 0.3 is 5.97 Å². The van der Waals surface area contributed by atoms with E-state index in [9.17, 15) is 9.90 Å². The summed E-state index contributed by atoms with van der Waals surface area (Å²) in [5, 5.41) is 9.17. The van der Waals surface area contributed by atoms with Crippen molar-refractivity contribution in [3.63, 3.8) is 0 Å². The predicted octanol–water partition coefficient (Wildman–Crippen LogP) is 7.39. The van der Waals surface area contributed by atoms with Gasteiger partial charge in [0.15, 0.2) is 0 Å². The third kappa shape index (κ3) is 8.47. The van der Waals surface area contributed by atoms with Crippen LogP contribution in [0.4, 0.5) is 0 Å². The van der Waals surface area contributed by atoms with Gasteiger partial charge in [0.25, 0.3) is 0 Å². The van der Waals surface area contributed by atoms with Crippen LogP contribution in [0.25, 0.3) is 0 Å². The molecule has 0 aromatic heterocycles. The number of nitrogens with two attached hydrogens (primary N) is 1. The Bertz CT molecular complexity index is 987. The van der Waals surface area contributed by atoms with E-state index in [2.05, 4.69) is 57.8 Å². The third-order valence-electron chi connectivity index (χ3n) is 6.58. The fourth-order valence-electron chi connectivity index (χ4n) is 4.59. The number of hydrogen-bond acceptors (Lipinski definition) is 5. The maximum absolute atomic E-state index is 11.2. The van der Waals surface area contributed by atoms with Gasteiger partial charge in [0.2, 0.25) is 0 Å². The normalized spacial score (nSPS) is 16.8. The lowest BCUT2D eigenvalue weighted by molar-refractivity contribution is -0.137. The first kappa shape index (κ1) is 30.8. The van der Waals surface area contributed by atoms with Crippen molar-refractivity contribution in [1.29, 1.82) is 11.1 Å². The van der Waals surface area contributed by atoms with Gasteiger partial charge in [-0.05, 0) is 65.0 Å². The van der Waals surface area contributed by atoms with Gasteiger partial charge in [-0.1, -0.05) is 71.4 Å². The van der Waals surface area contributed by atoms with Crippen molar-refractivity contribution in [2.24, 2.45) is 10.7 Å². The van der Waals surface area contributed by atoms with Crippen molar-refractivity contribution in [3.05, 3.63) is 64.7 Å². The summed E-state index contributed by atoms with van der Waals surface area (Å²) in [5.41, 5.74) is 21.1. The van der Waals surface area contributed by atoms with Crippen molar-refractivity contribution in [3.8, 4) is 5.75 Å². The number of ether oxygens (including phenoxy) is 1. The molecule has 0 amide bonds. The van der Waals surface area contributed by atoms with Crippen molar-refractivity contribution < 1.29 is 14.6 Å². The molecule has 0 saturated carbocycles. The summed E-state index contributed by atoms with van der Waals surface area (Å²) in [4.78, 5) is 15.2. The monoisotopic (exact) mass is 496 g/mol. The van der Waals surface area contributed by atoms with Crippen molar-refractivity contribution in [1.82, 2.24) is 0 Å². The molecule has 2 atom stereocenters. The van der Waals surface area contributed by atoms with Crippen molar-refractivity contribution >= 4 is 11.8 Å². The van der Waals surface area contributed by atoms with Crippen LogP contribution in [-0.2, 0) is 16.8 Å². The van der Waals surface area contributed by atoms with E-state index in [0.29, 0.717) is 18.4 Å². The van der Waals surface area contributed by atoms with Gasteiger partial charge in [0.1, 0.15) is 18.2 Å². The van der Waals surface area contributed by atoms with Crippen LogP contribution in [0.15, 0.2) is 47.5 Å². The topological polar surface area (TPSA) is 133 Å². The summed E-state index contributed by atoms with van der Waals surface area (Å²) in [6.07, 6.45) is 4.80. The number of benzene rings is 2. The number of nitrogens with one attached hydrogen (secondary N) is 2. The minimum Gasteiger partial charge on any atom is -0.489 e. The molecule has 198 valence electrons. The Kier molecular flexibility index (Phi) is 12.9. The summed E-state index contributed by atoms with van der Waals surface area (Å²) in [6, 6.07) is 14.2. The van der Waals surface area contributed by atoms with Gasteiger partial charge in [-0.2, -0.15) is 0 Å². The second kappa shape index (κ2) is 15.0. The summed E-state index contributed by atoms with van der Waals surface area (Å²) >= 11 is 0. The summed E-state index contributed by atoms with van der Waals surface area (Å²) < 4.78 is 6.03. The highest BCUT2D eigenvalue weighted by atomic mass is 16.5. The zero-order chi connectivity index (χ0) is 27.3. The Morgan fingerprint density at radius 1 is 1.17 bits per heavy atom. The summed E-state index contributed by atoms with van der Waals surface area (Å²) in [7, 11) is 1.57. The lowest BCUT2D eigenvalue weighted by Gasteiger charge is -2.37. The number of carboxylic acid groups (broad SMARTS) is 1. The molecule has 1 aliphatic carbocycles. The number of fused-ring (bicyclic) bond motifs is 1. The maximum atomic E-state index is 11.2. The molecule has 5 N–H and O–H groups in total. The smallest absolute Gasteiger partial charge is 0.304 e. The summed E-state index contributed by atoms with van der Waals surface area (Å²) in [6.45, 7) is 11.7. The van der Waals surface area contributed by atoms with Gasteiger partial charge < -0.3 is 15.6 Å². The largest absolute Gasteiger partial charge is 0.489 e. The molecule has 2 unspecified atom stereocenters. The zero-order valence-electron chi connectivity index (χ0n) is 22.7. The van der Waals surface area contributed by atoms with Gasteiger partial charge in [0, 0.05) is 7.05 Å². The minimum absolute atomic E-state index is 0.0898. The Hall–Kier alpha value is -3.22. The van der Waals surface area contributed by atoms with Crippen LogP contribution in [-0.4, -0.2) is 24.0 Å². The van der Waals surface area contributed by atoms with E-state index in [1.165, 1.54) is 36.0 Å². The van der Waals surface area contributed by atoms with E-state index in [4.69, 9.17) is 21.5 Å². The highest BCUT2D eigenvalue weighted by molar-refractivity contribution is 5.90. The molecule has 0 bridgehead atoms. The molecule has 0 saturated heterocycles. The van der Waals surface area contributed by atoms with Crippen LogP contribution in [0.1, 0.15) is 101 Å². The van der Waals surface area contributed by atoms with Crippen LogP contribution >= 0.6 is 0 Å². The van der Waals surface area contributed by atoms with Crippen LogP contribution in [0.5, 0.6) is 5.75 Å². The highest BCUT2D eigenvalue weighted by Gasteiger charge is 2.31. The molecule has 2 aromatic rings. The average molecular weight is 497 g/mol. The molecule has 0 fully saturated rings. The molecule has 0 radical (unpaired) electrons. The number of aliphatic carboxylic acids is 1. The van der Waals surface area contributed by atoms with E-state index < -0.39 is 11.9 Å². The minimum atomic E-state index is -0.905. The van der Waals surface area contributed by atoms with E-state index in [-0.39, 0.29) is 11.8 Å². The number of carbonyl (C=O) groups is 1. The molecule has 3 rings (SSSR count). The molecule has 0 aliphatic heterocycles. The number of aliphatic imine (C=N–C) groups is 1. The van der Waals surface area contributed by atoms with Crippen LogP contribution in [0.3, 0.4) is 0 Å². The molecule has 1 aliphatic rings. The predicted molar refractivity (Wildman–Crippen MR) is 146 cm³/mol. The SMILES string of the molecule is CCC.CCC1CCC(C)(C)c2ccc(COc3ccc(C(CC(=O)O)C(N)=NC)cc3)cc21.N=N. The average Bonchev–Trinajstić information content (AvgIpc) is 2.87. The number of nitrogens with zero attached hydrogens (tertiary/aromatic N) is 1. The van der Waals surface area contributed by atoms with E-state index in [1.54, 1.807) is 7.05 Å². The van der Waals surface area contributed by atoms with E-state index in [1.807, 2.05) is 24.3 Å².